The van der Waals surface area contributed by atoms with Gasteiger partial charge in [0.25, 0.3) is 5.91 Å². The van der Waals surface area contributed by atoms with Crippen LogP contribution in [-0.4, -0.2) is 31.3 Å². The summed E-state index contributed by atoms with van der Waals surface area (Å²) in [4.78, 5) is 12.0. The lowest BCUT2D eigenvalue weighted by molar-refractivity contribution is 0.0950. The molecule has 1 rings (SSSR count). The molecule has 1 aromatic carbocycles. The van der Waals surface area contributed by atoms with E-state index < -0.39 is 0 Å². The van der Waals surface area contributed by atoms with E-state index in [9.17, 15) is 4.79 Å². The normalized spacial score (nSPS) is 10.2. The molecule has 0 fully saturated rings. The second kappa shape index (κ2) is 8.37. The molecular formula is C14H22N2O3. The first-order valence-corrected chi connectivity index (χ1v) is 6.52. The number of benzene rings is 1. The molecule has 4 N–H and O–H groups in total. The number of nitrogens with two attached hydrogens (primary N) is 1. The van der Waals surface area contributed by atoms with Crippen molar-refractivity contribution in [2.45, 2.75) is 25.7 Å². The maximum Gasteiger partial charge on any atom is 0.257 e. The Morgan fingerprint density at radius 1 is 1.32 bits per heavy atom. The average molecular weight is 266 g/mol. The molecular weight excluding hydrogens is 244 g/mol. The lowest BCUT2D eigenvalue weighted by Gasteiger charge is -2.11. The van der Waals surface area contributed by atoms with Crippen molar-refractivity contribution in [1.82, 2.24) is 5.32 Å². The summed E-state index contributed by atoms with van der Waals surface area (Å²) in [5, 5.41) is 11.5. The van der Waals surface area contributed by atoms with Gasteiger partial charge in [-0.05, 0) is 25.0 Å². The molecule has 0 bridgehead atoms. The first-order chi connectivity index (χ1) is 9.20. The highest BCUT2D eigenvalue weighted by molar-refractivity contribution is 6.01. The molecule has 0 aliphatic heterocycles. The van der Waals surface area contributed by atoms with E-state index in [0.717, 1.165) is 25.7 Å². The van der Waals surface area contributed by atoms with Gasteiger partial charge in [-0.25, -0.2) is 0 Å². The zero-order valence-electron chi connectivity index (χ0n) is 11.3. The number of anilines is 1. The first-order valence-electron chi connectivity index (χ1n) is 6.52. The van der Waals surface area contributed by atoms with Crippen LogP contribution < -0.4 is 15.8 Å². The smallest absolute Gasteiger partial charge is 0.257 e. The minimum atomic E-state index is -0.211. The zero-order valence-corrected chi connectivity index (χ0v) is 11.3. The molecule has 5 nitrogen and oxygen atoms in total. The third kappa shape index (κ3) is 4.79. The molecule has 0 aliphatic carbocycles. The van der Waals surface area contributed by atoms with Gasteiger partial charge in [0.2, 0.25) is 0 Å². The van der Waals surface area contributed by atoms with E-state index in [4.69, 9.17) is 15.6 Å². The van der Waals surface area contributed by atoms with Gasteiger partial charge in [0.1, 0.15) is 11.3 Å². The summed E-state index contributed by atoms with van der Waals surface area (Å²) in [5.41, 5.74) is 6.60. The van der Waals surface area contributed by atoms with Crippen LogP contribution in [0.1, 0.15) is 36.0 Å². The van der Waals surface area contributed by atoms with Crippen LogP contribution >= 0.6 is 0 Å². The minimum absolute atomic E-state index is 0.211. The number of rotatable bonds is 8. The molecule has 1 amide bonds. The molecule has 0 spiro atoms. The zero-order chi connectivity index (χ0) is 14.1. The van der Waals surface area contributed by atoms with Crippen molar-refractivity contribution in [2.75, 3.05) is 26.0 Å². The van der Waals surface area contributed by atoms with Crippen molar-refractivity contribution in [3.8, 4) is 5.75 Å². The van der Waals surface area contributed by atoms with Gasteiger partial charge in [-0.1, -0.05) is 18.9 Å². The highest BCUT2D eigenvalue weighted by Gasteiger charge is 2.14. The predicted molar refractivity (Wildman–Crippen MR) is 75.3 cm³/mol. The van der Waals surface area contributed by atoms with Crippen LogP contribution in [0.4, 0.5) is 5.69 Å². The number of methoxy groups -OCH3 is 1. The summed E-state index contributed by atoms with van der Waals surface area (Å²) in [6.45, 7) is 0.825. The molecule has 0 saturated carbocycles. The summed E-state index contributed by atoms with van der Waals surface area (Å²) in [7, 11) is 1.51. The number of ether oxygens (including phenoxy) is 1. The van der Waals surface area contributed by atoms with E-state index in [-0.39, 0.29) is 12.5 Å². The lowest BCUT2D eigenvalue weighted by atomic mass is 10.1. The molecule has 0 aliphatic rings. The Balaban J connectivity index is 2.45. The largest absolute Gasteiger partial charge is 0.496 e. The van der Waals surface area contributed by atoms with Crippen LogP contribution in [0.2, 0.25) is 0 Å². The van der Waals surface area contributed by atoms with Gasteiger partial charge >= 0.3 is 0 Å². The molecule has 0 atom stereocenters. The van der Waals surface area contributed by atoms with Crippen LogP contribution in [0.3, 0.4) is 0 Å². The monoisotopic (exact) mass is 266 g/mol. The van der Waals surface area contributed by atoms with Gasteiger partial charge in [0.15, 0.2) is 0 Å². The molecule has 19 heavy (non-hydrogen) atoms. The second-order valence-corrected chi connectivity index (χ2v) is 4.32. The van der Waals surface area contributed by atoms with Gasteiger partial charge < -0.3 is 20.9 Å². The summed E-state index contributed by atoms with van der Waals surface area (Å²) < 4.78 is 5.14. The number of aliphatic hydroxyl groups is 1. The third-order valence-corrected chi connectivity index (χ3v) is 2.88. The highest BCUT2D eigenvalue weighted by Crippen LogP contribution is 2.23. The van der Waals surface area contributed by atoms with E-state index in [1.807, 2.05) is 0 Å². The van der Waals surface area contributed by atoms with Crippen LogP contribution in [-0.2, 0) is 0 Å². The maximum atomic E-state index is 12.0. The lowest BCUT2D eigenvalue weighted by Crippen LogP contribution is -2.25. The molecule has 0 radical (unpaired) electrons. The van der Waals surface area contributed by atoms with Crippen molar-refractivity contribution in [1.29, 1.82) is 0 Å². The fourth-order valence-electron chi connectivity index (χ4n) is 1.84. The van der Waals surface area contributed by atoms with Crippen molar-refractivity contribution in [2.24, 2.45) is 0 Å². The fraction of sp³-hybridized carbons (Fsp3) is 0.500. The number of unbranched alkanes of at least 4 members (excludes halogenated alkanes) is 3. The van der Waals surface area contributed by atoms with Crippen LogP contribution in [0.5, 0.6) is 5.75 Å². The average Bonchev–Trinajstić information content (AvgIpc) is 2.42. The Morgan fingerprint density at radius 2 is 2.05 bits per heavy atom. The Labute approximate surface area is 113 Å². The van der Waals surface area contributed by atoms with Crippen molar-refractivity contribution >= 4 is 11.6 Å². The number of carbonyl (C=O) groups excluding carboxylic acids is 1. The highest BCUT2D eigenvalue weighted by atomic mass is 16.5. The molecule has 0 aromatic heterocycles. The first kappa shape index (κ1) is 15.3. The van der Waals surface area contributed by atoms with Gasteiger partial charge in [0, 0.05) is 18.8 Å². The van der Waals surface area contributed by atoms with Crippen LogP contribution in [0, 0.1) is 0 Å². The van der Waals surface area contributed by atoms with Crippen LogP contribution in [0.25, 0.3) is 0 Å². The molecule has 1 aromatic rings. The number of amides is 1. The topological polar surface area (TPSA) is 84.6 Å². The van der Waals surface area contributed by atoms with Gasteiger partial charge in [-0.2, -0.15) is 0 Å². The summed E-state index contributed by atoms with van der Waals surface area (Å²) >= 11 is 0. The van der Waals surface area contributed by atoms with Gasteiger partial charge in [-0.3, -0.25) is 4.79 Å². The molecule has 0 heterocycles. The van der Waals surface area contributed by atoms with E-state index in [1.54, 1.807) is 18.2 Å². The number of nitrogen functional groups attached to an aromatic ring is 1. The number of carbonyl (C=O) groups is 1. The Kier molecular flexibility index (Phi) is 6.74. The Bertz CT molecular complexity index is 408. The Hall–Kier alpha value is -1.75. The summed E-state index contributed by atoms with van der Waals surface area (Å²) in [5.74, 6) is 0.273. The number of aliphatic hydroxyl groups excluding tert-OH is 1. The maximum absolute atomic E-state index is 12.0. The van der Waals surface area contributed by atoms with Crippen LogP contribution in [0.15, 0.2) is 18.2 Å². The number of nitrogens with one attached hydrogen (secondary N) is 1. The fourth-order valence-corrected chi connectivity index (χ4v) is 1.84. The molecule has 5 heteroatoms. The SMILES string of the molecule is COc1cccc(N)c1C(=O)NCCCCCCO. The predicted octanol–water partition coefficient (Wildman–Crippen LogP) is 1.56. The standard InChI is InChI=1S/C14H22N2O3/c1-19-12-8-6-7-11(15)13(12)14(18)16-9-4-2-3-5-10-17/h6-8,17H,2-5,9-10,15H2,1H3,(H,16,18). The quantitative estimate of drug-likeness (QED) is 0.492. The van der Waals surface area contributed by atoms with E-state index >= 15 is 0 Å². The van der Waals surface area contributed by atoms with Crippen molar-refractivity contribution in [3.05, 3.63) is 23.8 Å². The molecule has 106 valence electrons. The summed E-state index contributed by atoms with van der Waals surface area (Å²) in [6, 6.07) is 5.14. The van der Waals surface area contributed by atoms with E-state index in [2.05, 4.69) is 5.32 Å². The third-order valence-electron chi connectivity index (χ3n) is 2.88. The summed E-state index contributed by atoms with van der Waals surface area (Å²) in [6.07, 6.45) is 3.67. The van der Waals surface area contributed by atoms with Gasteiger partial charge in [0.05, 0.1) is 7.11 Å². The Morgan fingerprint density at radius 3 is 2.74 bits per heavy atom. The number of hydrogen-bond acceptors (Lipinski definition) is 4. The molecule has 0 unspecified atom stereocenters. The van der Waals surface area contributed by atoms with E-state index in [0.29, 0.717) is 23.5 Å². The van der Waals surface area contributed by atoms with Gasteiger partial charge in [-0.15, -0.1) is 0 Å². The number of hydrogen-bond donors (Lipinski definition) is 3. The van der Waals surface area contributed by atoms with Crippen molar-refractivity contribution in [3.63, 3.8) is 0 Å². The van der Waals surface area contributed by atoms with Crippen molar-refractivity contribution < 1.29 is 14.6 Å². The minimum Gasteiger partial charge on any atom is -0.496 e. The second-order valence-electron chi connectivity index (χ2n) is 4.32. The van der Waals surface area contributed by atoms with E-state index in [1.165, 1.54) is 7.11 Å². The molecule has 0 saturated heterocycles.